The average molecular weight is 339 g/mol. The minimum Gasteiger partial charge on any atom is -0.447 e. The Kier molecular flexibility index (Phi) is 6.34. The van der Waals surface area contributed by atoms with Crippen LogP contribution in [0.3, 0.4) is 0 Å². The molecule has 4 heteroatoms. The number of ether oxygens (including phenoxy) is 1. The molecule has 1 amide bonds. The van der Waals surface area contributed by atoms with E-state index in [1.807, 2.05) is 57.2 Å². The van der Waals surface area contributed by atoms with Gasteiger partial charge in [0, 0.05) is 11.3 Å². The van der Waals surface area contributed by atoms with E-state index in [1.165, 1.54) is 0 Å². The molecule has 0 fully saturated rings. The highest BCUT2D eigenvalue weighted by Gasteiger charge is 2.27. The van der Waals surface area contributed by atoms with Crippen molar-refractivity contribution in [1.29, 1.82) is 0 Å². The Hall–Kier alpha value is -2.62. The largest absolute Gasteiger partial charge is 0.447 e. The van der Waals surface area contributed by atoms with Crippen molar-refractivity contribution in [3.8, 4) is 0 Å². The number of carbonyl (C=O) groups excluding carboxylic acids is 2. The number of rotatable bonds is 6. The molecule has 0 heterocycles. The molecule has 132 valence electrons. The predicted octanol–water partition coefficient (Wildman–Crippen LogP) is 4.57. The highest BCUT2D eigenvalue weighted by atomic mass is 16.5. The highest BCUT2D eigenvalue weighted by molar-refractivity contribution is 5.96. The van der Waals surface area contributed by atoms with Crippen LogP contribution >= 0.6 is 0 Å². The fourth-order valence-corrected chi connectivity index (χ4v) is 2.55. The van der Waals surface area contributed by atoms with E-state index in [2.05, 4.69) is 5.32 Å². The van der Waals surface area contributed by atoms with E-state index in [9.17, 15) is 9.59 Å². The molecule has 0 aliphatic carbocycles. The molecule has 2 unspecified atom stereocenters. The molecule has 2 atom stereocenters. The number of amides is 1. The quantitative estimate of drug-likeness (QED) is 0.784. The predicted molar refractivity (Wildman–Crippen MR) is 99.3 cm³/mol. The summed E-state index contributed by atoms with van der Waals surface area (Å²) in [5.41, 5.74) is 3.47. The van der Waals surface area contributed by atoms with Crippen molar-refractivity contribution in [2.45, 2.75) is 40.2 Å². The van der Waals surface area contributed by atoms with E-state index in [4.69, 9.17) is 4.74 Å². The Morgan fingerprint density at radius 3 is 2.20 bits per heavy atom. The molecule has 1 N–H and O–H groups in total. The second-order valence-electron chi connectivity index (χ2n) is 6.40. The number of nitrogens with one attached hydrogen (secondary N) is 1. The van der Waals surface area contributed by atoms with Crippen molar-refractivity contribution in [2.24, 2.45) is 5.92 Å². The molecule has 0 aliphatic heterocycles. The van der Waals surface area contributed by atoms with Crippen molar-refractivity contribution in [3.63, 3.8) is 0 Å². The van der Waals surface area contributed by atoms with Gasteiger partial charge < -0.3 is 10.1 Å². The van der Waals surface area contributed by atoms with Gasteiger partial charge in [-0.1, -0.05) is 50.2 Å². The van der Waals surface area contributed by atoms with Crippen LogP contribution in [0.1, 0.15) is 43.1 Å². The molecular weight excluding hydrogens is 314 g/mol. The fraction of sp³-hybridized carbons (Fsp3) is 0.333. The number of aryl methyl sites for hydroxylation is 2. The monoisotopic (exact) mass is 339 g/mol. The zero-order valence-electron chi connectivity index (χ0n) is 15.2. The van der Waals surface area contributed by atoms with Crippen LogP contribution in [-0.2, 0) is 14.3 Å². The normalized spacial score (nSPS) is 13.0. The summed E-state index contributed by atoms with van der Waals surface area (Å²) in [6.07, 6.45) is -0.303. The van der Waals surface area contributed by atoms with Crippen LogP contribution in [0, 0.1) is 19.8 Å². The number of carbonyl (C=O) groups is 2. The molecule has 2 aromatic carbocycles. The maximum Gasteiger partial charge on any atom is 0.309 e. The van der Waals surface area contributed by atoms with Gasteiger partial charge in [0.05, 0.1) is 5.92 Å². The van der Waals surface area contributed by atoms with Crippen molar-refractivity contribution in [3.05, 3.63) is 65.2 Å². The summed E-state index contributed by atoms with van der Waals surface area (Å²) in [6.45, 7) is 7.66. The summed E-state index contributed by atoms with van der Waals surface area (Å²) in [5.74, 6) is -0.972. The van der Waals surface area contributed by atoms with Crippen molar-refractivity contribution >= 4 is 17.6 Å². The van der Waals surface area contributed by atoms with Gasteiger partial charge >= 0.3 is 5.97 Å². The third-order valence-electron chi connectivity index (χ3n) is 4.08. The summed E-state index contributed by atoms with van der Waals surface area (Å²) in [7, 11) is 0. The van der Waals surface area contributed by atoms with Gasteiger partial charge in [0.2, 0.25) is 6.10 Å². The number of anilines is 1. The van der Waals surface area contributed by atoms with Crippen LogP contribution in [0.4, 0.5) is 5.69 Å². The molecule has 0 aliphatic rings. The molecule has 2 rings (SSSR count). The second-order valence-corrected chi connectivity index (χ2v) is 6.40. The third-order valence-corrected chi connectivity index (χ3v) is 4.08. The Morgan fingerprint density at radius 1 is 1.04 bits per heavy atom. The first-order chi connectivity index (χ1) is 11.9. The Balaban J connectivity index is 2.24. The summed E-state index contributed by atoms with van der Waals surface area (Å²) in [4.78, 5) is 25.0. The van der Waals surface area contributed by atoms with E-state index < -0.39 is 6.10 Å². The Morgan fingerprint density at radius 2 is 1.64 bits per heavy atom. The van der Waals surface area contributed by atoms with Gasteiger partial charge in [-0.15, -0.1) is 0 Å². The number of hydrogen-bond acceptors (Lipinski definition) is 3. The smallest absolute Gasteiger partial charge is 0.309 e. The van der Waals surface area contributed by atoms with Crippen LogP contribution in [0.15, 0.2) is 48.5 Å². The zero-order valence-corrected chi connectivity index (χ0v) is 15.2. The van der Waals surface area contributed by atoms with E-state index in [1.54, 1.807) is 19.1 Å². The first kappa shape index (κ1) is 18.7. The zero-order chi connectivity index (χ0) is 18.4. The minimum absolute atomic E-state index is 0.250. The topological polar surface area (TPSA) is 55.4 Å². The average Bonchev–Trinajstić information content (AvgIpc) is 2.58. The molecule has 0 saturated heterocycles. The molecule has 25 heavy (non-hydrogen) atoms. The summed E-state index contributed by atoms with van der Waals surface area (Å²) < 4.78 is 5.53. The van der Waals surface area contributed by atoms with Crippen LogP contribution in [0.25, 0.3) is 0 Å². The highest BCUT2D eigenvalue weighted by Crippen LogP contribution is 2.23. The molecule has 2 aromatic rings. The molecule has 0 spiro atoms. The van der Waals surface area contributed by atoms with Crippen LogP contribution in [0.5, 0.6) is 0 Å². The molecule has 0 radical (unpaired) electrons. The third kappa shape index (κ3) is 5.18. The van der Waals surface area contributed by atoms with E-state index in [0.717, 1.165) is 11.1 Å². The van der Waals surface area contributed by atoms with Gasteiger partial charge in [-0.05, 0) is 43.5 Å². The van der Waals surface area contributed by atoms with E-state index >= 15 is 0 Å². The number of hydrogen-bond donors (Lipinski definition) is 1. The number of esters is 1. The van der Waals surface area contributed by atoms with Gasteiger partial charge in [-0.25, -0.2) is 0 Å². The lowest BCUT2D eigenvalue weighted by Gasteiger charge is -2.20. The van der Waals surface area contributed by atoms with Crippen molar-refractivity contribution in [2.75, 3.05) is 5.32 Å². The summed E-state index contributed by atoms with van der Waals surface area (Å²) in [5, 5.41) is 2.87. The second kappa shape index (κ2) is 8.47. The molecule has 4 nitrogen and oxygen atoms in total. The first-order valence-electron chi connectivity index (χ1n) is 8.55. The first-order valence-corrected chi connectivity index (χ1v) is 8.55. The van der Waals surface area contributed by atoms with Crippen LogP contribution in [0.2, 0.25) is 0 Å². The Labute approximate surface area is 149 Å². The molecule has 0 aromatic heterocycles. The van der Waals surface area contributed by atoms with Gasteiger partial charge in [-0.2, -0.15) is 0 Å². The SMILES string of the molecule is CCC(C)C(=O)OC(C(=O)Nc1cc(C)cc(C)c1)c1ccccc1. The van der Waals surface area contributed by atoms with Crippen LogP contribution in [-0.4, -0.2) is 11.9 Å². The fourth-order valence-electron chi connectivity index (χ4n) is 2.55. The van der Waals surface area contributed by atoms with Gasteiger partial charge in [0.25, 0.3) is 5.91 Å². The van der Waals surface area contributed by atoms with Crippen molar-refractivity contribution < 1.29 is 14.3 Å². The molecule has 0 saturated carbocycles. The van der Waals surface area contributed by atoms with Crippen molar-refractivity contribution in [1.82, 2.24) is 0 Å². The maximum absolute atomic E-state index is 12.8. The lowest BCUT2D eigenvalue weighted by atomic mass is 10.1. The lowest BCUT2D eigenvalue weighted by molar-refractivity contribution is -0.158. The maximum atomic E-state index is 12.8. The van der Waals surface area contributed by atoms with Crippen LogP contribution < -0.4 is 5.32 Å². The minimum atomic E-state index is -0.969. The molecule has 0 bridgehead atoms. The van der Waals surface area contributed by atoms with Gasteiger partial charge in [0.15, 0.2) is 0 Å². The molecular formula is C21H25NO3. The van der Waals surface area contributed by atoms with E-state index in [0.29, 0.717) is 17.7 Å². The summed E-state index contributed by atoms with van der Waals surface area (Å²) >= 11 is 0. The standard InChI is InChI=1S/C21H25NO3/c1-5-16(4)21(24)25-19(17-9-7-6-8-10-17)20(23)22-18-12-14(2)11-15(3)13-18/h6-13,16,19H,5H2,1-4H3,(H,22,23). The Bertz CT molecular complexity index is 720. The van der Waals surface area contributed by atoms with Gasteiger partial charge in [0.1, 0.15) is 0 Å². The van der Waals surface area contributed by atoms with Gasteiger partial charge in [-0.3, -0.25) is 9.59 Å². The lowest BCUT2D eigenvalue weighted by Crippen LogP contribution is -2.28. The number of benzene rings is 2. The summed E-state index contributed by atoms with van der Waals surface area (Å²) in [6, 6.07) is 14.9. The van der Waals surface area contributed by atoms with E-state index in [-0.39, 0.29) is 17.8 Å².